The van der Waals surface area contributed by atoms with E-state index in [0.29, 0.717) is 23.4 Å². The second-order valence-corrected chi connectivity index (χ2v) is 8.82. The molecular formula is C21H28O2. The van der Waals surface area contributed by atoms with Gasteiger partial charge in [-0.25, -0.2) is 0 Å². The number of Topliss-reactive ketones (excluding diaryl/α,β-unsaturated/α-hetero) is 1. The van der Waals surface area contributed by atoms with E-state index < -0.39 is 0 Å². The van der Waals surface area contributed by atoms with E-state index in [1.165, 1.54) is 18.4 Å². The van der Waals surface area contributed by atoms with Crippen molar-refractivity contribution < 1.29 is 9.59 Å². The Kier molecular flexibility index (Phi) is 3.28. The molecule has 0 aromatic rings. The Morgan fingerprint density at radius 2 is 1.91 bits per heavy atom. The van der Waals surface area contributed by atoms with E-state index in [1.54, 1.807) is 12.5 Å². The number of hydrogen-bond acceptors (Lipinski definition) is 2. The first kappa shape index (κ1) is 15.4. The summed E-state index contributed by atoms with van der Waals surface area (Å²) in [6.45, 7) is 6.52. The molecule has 4 rings (SSSR count). The SMILES string of the molecule is CC(=O)[C@@H]1CC=C2[C@@H]3CCC4=CC(=O)CC[C@]4(C)[C@H]3CC[C@@]21C. The maximum Gasteiger partial charge on any atom is 0.155 e. The molecule has 0 aromatic carbocycles. The fourth-order valence-electron chi connectivity index (χ4n) is 6.51. The minimum atomic E-state index is 0.106. The minimum Gasteiger partial charge on any atom is -0.300 e. The molecule has 2 nitrogen and oxygen atoms in total. The van der Waals surface area contributed by atoms with Crippen molar-refractivity contribution in [1.82, 2.24) is 0 Å². The van der Waals surface area contributed by atoms with Crippen molar-refractivity contribution in [3.63, 3.8) is 0 Å². The molecule has 5 atom stereocenters. The van der Waals surface area contributed by atoms with Gasteiger partial charge in [0.2, 0.25) is 0 Å². The number of rotatable bonds is 1. The molecule has 0 bridgehead atoms. The van der Waals surface area contributed by atoms with Crippen LogP contribution >= 0.6 is 0 Å². The Hall–Kier alpha value is -1.18. The molecule has 0 aliphatic heterocycles. The smallest absolute Gasteiger partial charge is 0.155 e. The summed E-state index contributed by atoms with van der Waals surface area (Å²) >= 11 is 0. The molecule has 2 fully saturated rings. The summed E-state index contributed by atoms with van der Waals surface area (Å²) in [5.41, 5.74) is 3.33. The van der Waals surface area contributed by atoms with Gasteiger partial charge in [0.05, 0.1) is 0 Å². The van der Waals surface area contributed by atoms with Gasteiger partial charge in [-0.1, -0.05) is 31.1 Å². The van der Waals surface area contributed by atoms with Crippen LogP contribution in [0.25, 0.3) is 0 Å². The van der Waals surface area contributed by atoms with Gasteiger partial charge in [0.1, 0.15) is 5.78 Å². The van der Waals surface area contributed by atoms with Crippen LogP contribution in [0, 0.1) is 28.6 Å². The molecule has 0 amide bonds. The monoisotopic (exact) mass is 312 g/mol. The maximum absolute atomic E-state index is 12.1. The molecule has 0 aromatic heterocycles. The van der Waals surface area contributed by atoms with Gasteiger partial charge in [0, 0.05) is 12.3 Å². The van der Waals surface area contributed by atoms with Crippen LogP contribution in [0.15, 0.2) is 23.3 Å². The molecule has 0 radical (unpaired) electrons. The van der Waals surface area contributed by atoms with Crippen LogP contribution in [0.1, 0.15) is 65.7 Å². The fraction of sp³-hybridized carbons (Fsp3) is 0.714. The molecule has 0 spiro atoms. The van der Waals surface area contributed by atoms with E-state index in [2.05, 4.69) is 19.9 Å². The summed E-state index contributed by atoms with van der Waals surface area (Å²) in [5.74, 6) is 2.20. The lowest BCUT2D eigenvalue weighted by Gasteiger charge is -2.56. The van der Waals surface area contributed by atoms with Crippen molar-refractivity contribution >= 4 is 11.6 Å². The van der Waals surface area contributed by atoms with Gasteiger partial charge in [0.25, 0.3) is 0 Å². The number of ketones is 2. The zero-order valence-electron chi connectivity index (χ0n) is 14.7. The van der Waals surface area contributed by atoms with Crippen LogP contribution in [-0.4, -0.2) is 11.6 Å². The zero-order chi connectivity index (χ0) is 16.4. The van der Waals surface area contributed by atoms with Crippen LogP contribution in [0.3, 0.4) is 0 Å². The van der Waals surface area contributed by atoms with Gasteiger partial charge < -0.3 is 0 Å². The van der Waals surface area contributed by atoms with Crippen molar-refractivity contribution in [2.75, 3.05) is 0 Å². The molecule has 4 aliphatic rings. The van der Waals surface area contributed by atoms with Crippen LogP contribution < -0.4 is 0 Å². The predicted molar refractivity (Wildman–Crippen MR) is 90.9 cm³/mol. The lowest BCUT2D eigenvalue weighted by Crippen LogP contribution is -2.48. The number of fused-ring (bicyclic) bond motifs is 5. The summed E-state index contributed by atoms with van der Waals surface area (Å²) in [6.07, 6.45) is 11.7. The molecule has 124 valence electrons. The topological polar surface area (TPSA) is 34.1 Å². The standard InChI is InChI=1S/C21H28O2/c1-13(22)17-6-7-18-16-5-4-14-12-15(23)8-10-20(14,2)19(16)9-11-21(17,18)3/h7,12,16-17,19H,4-6,8-11H2,1-3H3/t16-,17-,19-,20-,21+/m0/s1. The van der Waals surface area contributed by atoms with Crippen molar-refractivity contribution in [3.8, 4) is 0 Å². The highest BCUT2D eigenvalue weighted by molar-refractivity contribution is 5.91. The number of hydrogen-bond donors (Lipinski definition) is 0. The molecule has 0 heterocycles. The van der Waals surface area contributed by atoms with Gasteiger partial charge in [-0.15, -0.1) is 0 Å². The van der Waals surface area contributed by atoms with E-state index >= 15 is 0 Å². The third-order valence-electron chi connectivity index (χ3n) is 7.86. The first-order valence-corrected chi connectivity index (χ1v) is 9.31. The Labute approximate surface area is 139 Å². The third-order valence-corrected chi connectivity index (χ3v) is 7.86. The predicted octanol–water partition coefficient (Wildman–Crippen LogP) is 4.64. The largest absolute Gasteiger partial charge is 0.300 e. The summed E-state index contributed by atoms with van der Waals surface area (Å²) < 4.78 is 0. The Balaban J connectivity index is 1.70. The average Bonchev–Trinajstić information content (AvgIpc) is 2.85. The second kappa shape index (κ2) is 4.91. The molecule has 0 saturated heterocycles. The minimum absolute atomic E-state index is 0.106. The summed E-state index contributed by atoms with van der Waals surface area (Å²) in [6, 6.07) is 0. The lowest BCUT2D eigenvalue weighted by atomic mass is 9.48. The number of allylic oxidation sites excluding steroid dienone is 4. The van der Waals surface area contributed by atoms with Crippen LogP contribution in [0.2, 0.25) is 0 Å². The van der Waals surface area contributed by atoms with E-state index in [-0.39, 0.29) is 16.7 Å². The normalized spacial score (nSPS) is 45.5. The Morgan fingerprint density at radius 1 is 1.13 bits per heavy atom. The number of carbonyl (C=O) groups is 2. The van der Waals surface area contributed by atoms with E-state index in [4.69, 9.17) is 0 Å². The molecule has 23 heavy (non-hydrogen) atoms. The molecule has 4 aliphatic carbocycles. The van der Waals surface area contributed by atoms with Gasteiger partial charge in [-0.05, 0) is 74.2 Å². The molecule has 2 saturated carbocycles. The van der Waals surface area contributed by atoms with Crippen molar-refractivity contribution in [3.05, 3.63) is 23.3 Å². The summed E-state index contributed by atoms with van der Waals surface area (Å²) in [5, 5.41) is 0. The highest BCUT2D eigenvalue weighted by Crippen LogP contribution is 2.64. The van der Waals surface area contributed by atoms with Crippen LogP contribution in [0.5, 0.6) is 0 Å². The molecule has 0 unspecified atom stereocenters. The maximum atomic E-state index is 12.1. The third kappa shape index (κ3) is 1.99. The van der Waals surface area contributed by atoms with Gasteiger partial charge in [-0.2, -0.15) is 0 Å². The van der Waals surface area contributed by atoms with Gasteiger partial charge in [0.15, 0.2) is 5.78 Å². The lowest BCUT2D eigenvalue weighted by molar-refractivity contribution is -0.124. The van der Waals surface area contributed by atoms with Crippen molar-refractivity contribution in [2.45, 2.75) is 65.7 Å². The molecular weight excluding hydrogens is 284 g/mol. The first-order valence-electron chi connectivity index (χ1n) is 9.31. The summed E-state index contributed by atoms with van der Waals surface area (Å²) in [7, 11) is 0. The Bertz CT molecular complexity index is 640. The second-order valence-electron chi connectivity index (χ2n) is 8.82. The molecule has 0 N–H and O–H groups in total. The van der Waals surface area contributed by atoms with Crippen molar-refractivity contribution in [2.24, 2.45) is 28.6 Å². The van der Waals surface area contributed by atoms with Gasteiger partial charge >= 0.3 is 0 Å². The molecule has 2 heteroatoms. The number of carbonyl (C=O) groups excluding carboxylic acids is 2. The van der Waals surface area contributed by atoms with E-state index in [0.717, 1.165) is 32.1 Å². The van der Waals surface area contributed by atoms with Crippen LogP contribution in [-0.2, 0) is 9.59 Å². The zero-order valence-corrected chi connectivity index (χ0v) is 14.7. The first-order chi connectivity index (χ1) is 10.9. The fourth-order valence-corrected chi connectivity index (χ4v) is 6.51. The van der Waals surface area contributed by atoms with E-state index in [9.17, 15) is 9.59 Å². The Morgan fingerprint density at radius 3 is 2.65 bits per heavy atom. The van der Waals surface area contributed by atoms with Crippen LogP contribution in [0.4, 0.5) is 0 Å². The average molecular weight is 312 g/mol. The quantitative estimate of drug-likeness (QED) is 0.661. The van der Waals surface area contributed by atoms with E-state index in [1.807, 2.05) is 6.08 Å². The van der Waals surface area contributed by atoms with Gasteiger partial charge in [-0.3, -0.25) is 9.59 Å². The summed E-state index contributed by atoms with van der Waals surface area (Å²) in [4.78, 5) is 24.0. The highest BCUT2D eigenvalue weighted by Gasteiger charge is 2.56. The van der Waals surface area contributed by atoms with Crippen molar-refractivity contribution in [1.29, 1.82) is 0 Å². The highest BCUT2D eigenvalue weighted by atomic mass is 16.1.